The van der Waals surface area contributed by atoms with Crippen LogP contribution in [0.25, 0.3) is 0 Å². The van der Waals surface area contributed by atoms with Crippen molar-refractivity contribution in [2.45, 2.75) is 51.7 Å². The first-order chi connectivity index (χ1) is 16.3. The van der Waals surface area contributed by atoms with E-state index in [1.807, 2.05) is 60.7 Å². The third-order valence-electron chi connectivity index (χ3n) is 5.73. The zero-order valence-electron chi connectivity index (χ0n) is 19.6. The first kappa shape index (κ1) is 26.0. The fraction of sp³-hybridized carbons (Fsp3) is 0.286. The maximum Gasteiger partial charge on any atom is 0.416 e. The number of hydrogen-bond acceptors (Lipinski definition) is 1. The lowest BCUT2D eigenvalue weighted by Crippen LogP contribution is -2.31. The fourth-order valence-electron chi connectivity index (χ4n) is 3.97. The summed E-state index contributed by atoms with van der Waals surface area (Å²) in [5.41, 5.74) is 1.01. The molecule has 34 heavy (non-hydrogen) atoms. The summed E-state index contributed by atoms with van der Waals surface area (Å²) in [5.74, 6) is 0. The van der Waals surface area contributed by atoms with E-state index in [1.165, 1.54) is 12.1 Å². The number of hydrogen-bond donors (Lipinski definition) is 1. The molecule has 2 nitrogen and oxygen atoms in total. The number of unbranched alkanes of at least 4 members (excludes halogenated alkanes) is 1. The van der Waals surface area contributed by atoms with Crippen LogP contribution in [-0.2, 0) is 10.7 Å². The van der Waals surface area contributed by atoms with E-state index in [-0.39, 0.29) is 0 Å². The molecule has 180 valence electrons. The number of nitrogens with one attached hydrogen (secondary N) is 1. The highest BCUT2D eigenvalue weighted by Crippen LogP contribution is 2.44. The van der Waals surface area contributed by atoms with Crippen molar-refractivity contribution in [1.82, 2.24) is 5.09 Å². The van der Waals surface area contributed by atoms with Gasteiger partial charge in [0.1, 0.15) is 0 Å². The number of alkyl halides is 3. The Kier molecular flexibility index (Phi) is 8.93. The smallest absolute Gasteiger partial charge is 0.296 e. The third kappa shape index (κ3) is 6.28. The maximum absolute atomic E-state index is 14.7. The van der Waals surface area contributed by atoms with Crippen molar-refractivity contribution in [3.8, 4) is 0 Å². The summed E-state index contributed by atoms with van der Waals surface area (Å²) in [7, 11) is -3.31. The molecule has 0 amide bonds. The molecule has 0 saturated carbocycles. The molecule has 1 atom stereocenters. The quantitative estimate of drug-likeness (QED) is 0.235. The Labute approximate surface area is 200 Å². The van der Waals surface area contributed by atoms with E-state index in [1.54, 1.807) is 0 Å². The second-order valence-corrected chi connectivity index (χ2v) is 10.8. The van der Waals surface area contributed by atoms with Crippen LogP contribution in [0.4, 0.5) is 13.2 Å². The second kappa shape index (κ2) is 11.7. The van der Waals surface area contributed by atoms with Crippen molar-refractivity contribution in [3.63, 3.8) is 0 Å². The molecule has 0 radical (unpaired) electrons. The van der Waals surface area contributed by atoms with Crippen LogP contribution < -0.4 is 15.7 Å². The first-order valence-electron chi connectivity index (χ1n) is 11.6. The zero-order valence-corrected chi connectivity index (χ0v) is 20.4. The molecular formula is C28H31F3NOP. The van der Waals surface area contributed by atoms with Gasteiger partial charge in [0.2, 0.25) is 7.29 Å². The van der Waals surface area contributed by atoms with Gasteiger partial charge in [-0.25, -0.2) is 5.09 Å². The van der Waals surface area contributed by atoms with E-state index in [4.69, 9.17) is 0 Å². The lowest BCUT2D eigenvalue weighted by molar-refractivity contribution is -0.137. The molecular weight excluding hydrogens is 454 g/mol. The van der Waals surface area contributed by atoms with Gasteiger partial charge in [-0.2, -0.15) is 13.2 Å². The lowest BCUT2D eigenvalue weighted by atomic mass is 9.94. The van der Waals surface area contributed by atoms with E-state index in [9.17, 15) is 17.7 Å². The Morgan fingerprint density at radius 2 is 1.38 bits per heavy atom. The molecule has 0 heterocycles. The van der Waals surface area contributed by atoms with Gasteiger partial charge in [-0.15, -0.1) is 0 Å². The van der Waals surface area contributed by atoms with Gasteiger partial charge < -0.3 is 0 Å². The Morgan fingerprint density at radius 3 is 1.82 bits per heavy atom. The summed E-state index contributed by atoms with van der Waals surface area (Å²) >= 11 is 0. The molecule has 0 fully saturated rings. The summed E-state index contributed by atoms with van der Waals surface area (Å²) in [6, 6.07) is 23.2. The molecule has 0 aromatic heterocycles. The van der Waals surface area contributed by atoms with E-state index >= 15 is 0 Å². The minimum Gasteiger partial charge on any atom is -0.296 e. The highest BCUT2D eigenvalue weighted by atomic mass is 31.2. The van der Waals surface area contributed by atoms with Crippen LogP contribution in [0, 0.1) is 0 Å². The summed E-state index contributed by atoms with van der Waals surface area (Å²) in [6.45, 7) is 4.15. The van der Waals surface area contributed by atoms with Gasteiger partial charge in [0.15, 0.2) is 0 Å². The van der Waals surface area contributed by atoms with Crippen LogP contribution in [0.1, 0.15) is 56.7 Å². The van der Waals surface area contributed by atoms with Crippen molar-refractivity contribution >= 4 is 17.9 Å². The summed E-state index contributed by atoms with van der Waals surface area (Å²) in [5, 5.41) is 4.75. The molecule has 6 heteroatoms. The maximum atomic E-state index is 14.7. The number of halogens is 3. The summed E-state index contributed by atoms with van der Waals surface area (Å²) in [4.78, 5) is 0. The van der Waals surface area contributed by atoms with E-state index < -0.39 is 25.1 Å². The van der Waals surface area contributed by atoms with E-state index in [2.05, 4.69) is 25.0 Å². The fourth-order valence-corrected chi connectivity index (χ4v) is 6.43. The largest absolute Gasteiger partial charge is 0.416 e. The van der Waals surface area contributed by atoms with E-state index in [0.29, 0.717) is 16.2 Å². The topological polar surface area (TPSA) is 29.1 Å². The highest BCUT2D eigenvalue weighted by molar-refractivity contribution is 7.76. The van der Waals surface area contributed by atoms with Gasteiger partial charge in [-0.3, -0.25) is 4.57 Å². The van der Waals surface area contributed by atoms with Crippen LogP contribution in [0.3, 0.4) is 0 Å². The normalized spacial score (nSPS) is 13.6. The molecule has 0 saturated heterocycles. The number of allylic oxidation sites excluding steroid dienone is 1. The standard InChI is InChI=1S/C28H31F3NOP/c1-3-5-13-22(12-4-2)27(23-18-20-24(21-19-23)28(29,30)31)32-34(33,25-14-8-6-9-15-25)26-16-10-7-11-17-26/h6-11,13-21,27H,3-5,12H2,1-2H3,(H,32,33)/b22-13+. The Hall–Kier alpha value is -2.62. The Morgan fingerprint density at radius 1 is 0.853 bits per heavy atom. The van der Waals surface area contributed by atoms with Crippen LogP contribution >= 0.6 is 7.29 Å². The molecule has 0 aliphatic heterocycles. The second-order valence-electron chi connectivity index (χ2n) is 8.28. The predicted octanol–water partition coefficient (Wildman–Crippen LogP) is 7.79. The molecule has 1 N–H and O–H groups in total. The molecule has 3 aromatic rings. The third-order valence-corrected chi connectivity index (χ3v) is 8.40. The van der Waals surface area contributed by atoms with Crippen LogP contribution in [0.5, 0.6) is 0 Å². The minimum atomic E-state index is -4.41. The Bertz CT molecular complexity index is 1070. The number of benzene rings is 3. The summed E-state index contributed by atoms with van der Waals surface area (Å²) < 4.78 is 54.3. The van der Waals surface area contributed by atoms with Crippen LogP contribution in [0.15, 0.2) is 96.6 Å². The lowest BCUT2D eigenvalue weighted by Gasteiger charge is -2.29. The first-order valence-corrected chi connectivity index (χ1v) is 13.4. The van der Waals surface area contributed by atoms with E-state index in [0.717, 1.165) is 43.4 Å². The zero-order chi connectivity index (χ0) is 24.6. The Balaban J connectivity index is 2.15. The van der Waals surface area contributed by atoms with Crippen molar-refractivity contribution in [2.24, 2.45) is 0 Å². The molecule has 0 spiro atoms. The van der Waals surface area contributed by atoms with Gasteiger partial charge in [0.05, 0.1) is 11.6 Å². The van der Waals surface area contributed by atoms with Crippen LogP contribution in [0.2, 0.25) is 0 Å². The van der Waals surface area contributed by atoms with Crippen molar-refractivity contribution < 1.29 is 17.7 Å². The molecule has 3 aromatic carbocycles. The number of rotatable bonds is 10. The highest BCUT2D eigenvalue weighted by Gasteiger charge is 2.33. The van der Waals surface area contributed by atoms with Crippen LogP contribution in [-0.4, -0.2) is 0 Å². The van der Waals surface area contributed by atoms with Crippen molar-refractivity contribution in [2.75, 3.05) is 0 Å². The monoisotopic (exact) mass is 485 g/mol. The molecule has 3 rings (SSSR count). The van der Waals surface area contributed by atoms with Crippen molar-refractivity contribution in [3.05, 3.63) is 108 Å². The molecule has 0 aliphatic carbocycles. The minimum absolute atomic E-state index is 0.486. The molecule has 0 aliphatic rings. The average Bonchev–Trinajstić information content (AvgIpc) is 2.86. The van der Waals surface area contributed by atoms with Gasteiger partial charge in [-0.05, 0) is 54.8 Å². The predicted molar refractivity (Wildman–Crippen MR) is 135 cm³/mol. The average molecular weight is 486 g/mol. The van der Waals surface area contributed by atoms with Gasteiger partial charge >= 0.3 is 6.18 Å². The van der Waals surface area contributed by atoms with Gasteiger partial charge in [0, 0.05) is 10.6 Å². The molecule has 1 unspecified atom stereocenters. The van der Waals surface area contributed by atoms with Gasteiger partial charge in [0.25, 0.3) is 0 Å². The van der Waals surface area contributed by atoms with Gasteiger partial charge in [-0.1, -0.05) is 86.9 Å². The summed E-state index contributed by atoms with van der Waals surface area (Å²) in [6.07, 6.45) is 1.14. The van der Waals surface area contributed by atoms with Crippen molar-refractivity contribution in [1.29, 1.82) is 0 Å². The SMILES string of the molecule is CCC/C=C(\CCC)C(NP(=O)(c1ccccc1)c1ccccc1)c1ccc(C(F)(F)F)cc1. The molecule has 0 bridgehead atoms.